The first kappa shape index (κ1) is 20.6. The van der Waals surface area contributed by atoms with Gasteiger partial charge in [-0.15, -0.1) is 0 Å². The van der Waals surface area contributed by atoms with Crippen molar-refractivity contribution >= 4 is 17.5 Å². The van der Waals surface area contributed by atoms with Crippen molar-refractivity contribution in [2.45, 2.75) is 32.5 Å². The third-order valence-corrected chi connectivity index (χ3v) is 5.75. The topological polar surface area (TPSA) is 61.9 Å². The molecule has 30 heavy (non-hydrogen) atoms. The van der Waals surface area contributed by atoms with E-state index in [-0.39, 0.29) is 30.3 Å². The standard InChI is InChI=1S/C24H29N3O3/c1-18-15-26(10-11-30-18)16-20-7-5-6-19(12-20)14-25-24(29)21-13-23(28)27(17-21)22-8-3-2-4-9-22/h2-9,12,18,21H,10-11,13-17H2,1H3,(H,25,29). The second-order valence-corrected chi connectivity index (χ2v) is 8.20. The second kappa shape index (κ2) is 9.41. The van der Waals surface area contributed by atoms with Gasteiger partial charge in [0.1, 0.15) is 0 Å². The van der Waals surface area contributed by atoms with E-state index in [1.54, 1.807) is 4.90 Å². The summed E-state index contributed by atoms with van der Waals surface area (Å²) in [6.45, 7) is 6.56. The molecule has 0 spiro atoms. The van der Waals surface area contributed by atoms with Gasteiger partial charge < -0.3 is 15.0 Å². The number of rotatable bonds is 6. The smallest absolute Gasteiger partial charge is 0.227 e. The first-order chi connectivity index (χ1) is 14.6. The van der Waals surface area contributed by atoms with E-state index in [0.717, 1.165) is 37.5 Å². The molecule has 2 saturated heterocycles. The van der Waals surface area contributed by atoms with Crippen LogP contribution < -0.4 is 10.2 Å². The molecule has 2 fully saturated rings. The molecule has 6 heteroatoms. The van der Waals surface area contributed by atoms with Crippen LogP contribution in [0.3, 0.4) is 0 Å². The molecule has 2 aromatic rings. The van der Waals surface area contributed by atoms with Crippen molar-refractivity contribution < 1.29 is 14.3 Å². The molecule has 0 radical (unpaired) electrons. The first-order valence-electron chi connectivity index (χ1n) is 10.6. The number of ether oxygens (including phenoxy) is 1. The predicted molar refractivity (Wildman–Crippen MR) is 116 cm³/mol. The Balaban J connectivity index is 1.30. The van der Waals surface area contributed by atoms with Crippen LogP contribution in [0.4, 0.5) is 5.69 Å². The Morgan fingerprint density at radius 1 is 1.10 bits per heavy atom. The molecule has 2 aromatic carbocycles. The van der Waals surface area contributed by atoms with Crippen LogP contribution in [-0.2, 0) is 27.4 Å². The maximum Gasteiger partial charge on any atom is 0.227 e. The maximum absolute atomic E-state index is 12.7. The van der Waals surface area contributed by atoms with Crippen LogP contribution in [0.2, 0.25) is 0 Å². The van der Waals surface area contributed by atoms with Crippen molar-refractivity contribution in [3.63, 3.8) is 0 Å². The van der Waals surface area contributed by atoms with E-state index in [9.17, 15) is 9.59 Å². The Morgan fingerprint density at radius 3 is 2.70 bits per heavy atom. The lowest BCUT2D eigenvalue weighted by Gasteiger charge is -2.31. The van der Waals surface area contributed by atoms with Crippen molar-refractivity contribution in [3.8, 4) is 0 Å². The van der Waals surface area contributed by atoms with Gasteiger partial charge >= 0.3 is 0 Å². The fourth-order valence-corrected chi connectivity index (χ4v) is 4.20. The van der Waals surface area contributed by atoms with Gasteiger partial charge in [0.25, 0.3) is 0 Å². The van der Waals surface area contributed by atoms with E-state index in [2.05, 4.69) is 29.3 Å². The molecule has 2 atom stereocenters. The SMILES string of the molecule is CC1CN(Cc2cccc(CNC(=O)C3CC(=O)N(c4ccccc4)C3)c2)CCO1. The first-order valence-corrected chi connectivity index (χ1v) is 10.6. The Labute approximate surface area is 177 Å². The molecule has 2 unspecified atom stereocenters. The number of carbonyl (C=O) groups excluding carboxylic acids is 2. The third kappa shape index (κ3) is 5.07. The number of para-hydroxylation sites is 1. The number of nitrogens with one attached hydrogen (secondary N) is 1. The summed E-state index contributed by atoms with van der Waals surface area (Å²) in [5, 5.41) is 3.02. The van der Waals surface area contributed by atoms with Crippen LogP contribution >= 0.6 is 0 Å². The molecule has 158 valence electrons. The number of hydrogen-bond acceptors (Lipinski definition) is 4. The maximum atomic E-state index is 12.7. The zero-order valence-corrected chi connectivity index (χ0v) is 17.4. The summed E-state index contributed by atoms with van der Waals surface area (Å²) in [5.74, 6) is -0.368. The lowest BCUT2D eigenvalue weighted by molar-refractivity contribution is -0.126. The number of nitrogens with zero attached hydrogens (tertiary/aromatic N) is 2. The van der Waals surface area contributed by atoms with Crippen LogP contribution in [0.25, 0.3) is 0 Å². The van der Waals surface area contributed by atoms with Crippen molar-refractivity contribution in [3.05, 3.63) is 65.7 Å². The van der Waals surface area contributed by atoms with Crippen LogP contribution in [0.15, 0.2) is 54.6 Å². The fourth-order valence-electron chi connectivity index (χ4n) is 4.20. The average molecular weight is 408 g/mol. The normalized spacial score (nSPS) is 22.3. The molecule has 0 saturated carbocycles. The van der Waals surface area contributed by atoms with Crippen molar-refractivity contribution in [2.24, 2.45) is 5.92 Å². The number of anilines is 1. The minimum Gasteiger partial charge on any atom is -0.376 e. The fraction of sp³-hybridized carbons (Fsp3) is 0.417. The Kier molecular flexibility index (Phi) is 6.45. The van der Waals surface area contributed by atoms with Crippen LogP contribution in [-0.4, -0.2) is 49.1 Å². The van der Waals surface area contributed by atoms with E-state index < -0.39 is 0 Å². The molecule has 0 aromatic heterocycles. The molecule has 4 rings (SSSR count). The Hall–Kier alpha value is -2.70. The summed E-state index contributed by atoms with van der Waals surface area (Å²) in [4.78, 5) is 29.1. The Bertz CT molecular complexity index is 886. The van der Waals surface area contributed by atoms with Gasteiger partial charge in [-0.05, 0) is 30.2 Å². The molecule has 0 bridgehead atoms. The minimum atomic E-state index is -0.310. The monoisotopic (exact) mass is 407 g/mol. The van der Waals surface area contributed by atoms with Crippen molar-refractivity contribution in [2.75, 3.05) is 31.1 Å². The van der Waals surface area contributed by atoms with Gasteiger partial charge in [-0.25, -0.2) is 0 Å². The van der Waals surface area contributed by atoms with Gasteiger partial charge in [0.2, 0.25) is 11.8 Å². The van der Waals surface area contributed by atoms with Crippen molar-refractivity contribution in [1.29, 1.82) is 0 Å². The summed E-state index contributed by atoms with van der Waals surface area (Å²) in [6.07, 6.45) is 0.529. The molecule has 1 N–H and O–H groups in total. The van der Waals surface area contributed by atoms with E-state index in [1.807, 2.05) is 42.5 Å². The van der Waals surface area contributed by atoms with E-state index in [0.29, 0.717) is 13.1 Å². The molecule has 2 heterocycles. The quantitative estimate of drug-likeness (QED) is 0.800. The van der Waals surface area contributed by atoms with Gasteiger partial charge in [0, 0.05) is 44.8 Å². The predicted octanol–water partition coefficient (Wildman–Crippen LogP) is 2.58. The van der Waals surface area contributed by atoms with Gasteiger partial charge in [-0.1, -0.05) is 42.5 Å². The lowest BCUT2D eigenvalue weighted by atomic mass is 10.1. The van der Waals surface area contributed by atoms with E-state index in [4.69, 9.17) is 4.74 Å². The van der Waals surface area contributed by atoms with Crippen LogP contribution in [0, 0.1) is 5.92 Å². The van der Waals surface area contributed by atoms with Crippen molar-refractivity contribution in [1.82, 2.24) is 10.2 Å². The summed E-state index contributed by atoms with van der Waals surface area (Å²) in [5.41, 5.74) is 3.16. The highest BCUT2D eigenvalue weighted by Gasteiger charge is 2.34. The summed E-state index contributed by atoms with van der Waals surface area (Å²) >= 11 is 0. The number of morpholine rings is 1. The summed E-state index contributed by atoms with van der Waals surface area (Å²) < 4.78 is 5.61. The molecular formula is C24H29N3O3. The zero-order chi connectivity index (χ0) is 20.9. The molecule has 2 aliphatic heterocycles. The van der Waals surface area contributed by atoms with Crippen LogP contribution in [0.5, 0.6) is 0 Å². The van der Waals surface area contributed by atoms with Gasteiger partial charge in [-0.3, -0.25) is 14.5 Å². The Morgan fingerprint density at radius 2 is 1.90 bits per heavy atom. The summed E-state index contributed by atoms with van der Waals surface area (Å²) in [7, 11) is 0. The number of benzene rings is 2. The lowest BCUT2D eigenvalue weighted by Crippen LogP contribution is -2.40. The van der Waals surface area contributed by atoms with Gasteiger partial charge in [-0.2, -0.15) is 0 Å². The molecule has 6 nitrogen and oxygen atoms in total. The number of amides is 2. The molecular weight excluding hydrogens is 378 g/mol. The van der Waals surface area contributed by atoms with E-state index >= 15 is 0 Å². The summed E-state index contributed by atoms with van der Waals surface area (Å²) in [6, 6.07) is 17.9. The largest absolute Gasteiger partial charge is 0.376 e. The molecule has 0 aliphatic carbocycles. The average Bonchev–Trinajstić information content (AvgIpc) is 3.15. The van der Waals surface area contributed by atoms with Crippen LogP contribution in [0.1, 0.15) is 24.5 Å². The van der Waals surface area contributed by atoms with Gasteiger partial charge in [0.15, 0.2) is 0 Å². The highest BCUT2D eigenvalue weighted by Crippen LogP contribution is 2.25. The van der Waals surface area contributed by atoms with Gasteiger partial charge in [0.05, 0.1) is 18.6 Å². The van der Waals surface area contributed by atoms with E-state index in [1.165, 1.54) is 5.56 Å². The number of carbonyl (C=O) groups is 2. The molecule has 2 amide bonds. The number of hydrogen-bond donors (Lipinski definition) is 1. The molecule has 2 aliphatic rings. The minimum absolute atomic E-state index is 0.00286. The third-order valence-electron chi connectivity index (χ3n) is 5.75. The zero-order valence-electron chi connectivity index (χ0n) is 17.4. The highest BCUT2D eigenvalue weighted by atomic mass is 16.5. The second-order valence-electron chi connectivity index (χ2n) is 8.20. The highest BCUT2D eigenvalue weighted by molar-refractivity contribution is 6.00.